The SMILES string of the molecule is NC1CCCC(C(=O)Nc2cccc(C3OCCO3)c2)C1. The lowest BCUT2D eigenvalue weighted by atomic mass is 9.85. The van der Waals surface area contributed by atoms with E-state index in [4.69, 9.17) is 15.2 Å². The number of hydrogen-bond acceptors (Lipinski definition) is 4. The van der Waals surface area contributed by atoms with E-state index in [-0.39, 0.29) is 24.2 Å². The largest absolute Gasteiger partial charge is 0.346 e. The Morgan fingerprint density at radius 2 is 2.05 bits per heavy atom. The van der Waals surface area contributed by atoms with Crippen molar-refractivity contribution in [2.24, 2.45) is 11.7 Å². The van der Waals surface area contributed by atoms with Crippen LogP contribution in [0.2, 0.25) is 0 Å². The number of carbonyl (C=O) groups is 1. The summed E-state index contributed by atoms with van der Waals surface area (Å²) in [4.78, 5) is 12.3. The number of benzene rings is 1. The molecule has 2 aliphatic rings. The van der Waals surface area contributed by atoms with E-state index >= 15 is 0 Å². The van der Waals surface area contributed by atoms with Gasteiger partial charge in [0.15, 0.2) is 6.29 Å². The molecule has 1 heterocycles. The molecule has 1 aromatic carbocycles. The second kappa shape index (κ2) is 6.56. The van der Waals surface area contributed by atoms with E-state index in [9.17, 15) is 4.79 Å². The van der Waals surface area contributed by atoms with E-state index in [0.29, 0.717) is 13.2 Å². The van der Waals surface area contributed by atoms with Gasteiger partial charge in [-0.15, -0.1) is 0 Å². The minimum atomic E-state index is -0.315. The van der Waals surface area contributed by atoms with Gasteiger partial charge >= 0.3 is 0 Å². The second-order valence-corrected chi connectivity index (χ2v) is 5.81. The van der Waals surface area contributed by atoms with Gasteiger partial charge in [-0.05, 0) is 31.4 Å². The van der Waals surface area contributed by atoms with Gasteiger partial charge in [-0.25, -0.2) is 0 Å². The highest BCUT2D eigenvalue weighted by molar-refractivity contribution is 5.92. The fourth-order valence-corrected chi connectivity index (χ4v) is 3.02. The standard InChI is InChI=1S/C16H22N2O3/c17-13-5-1-3-11(9-13)15(19)18-14-6-2-4-12(10-14)16-20-7-8-21-16/h2,4,6,10-11,13,16H,1,3,5,7-9,17H2,(H,18,19). The number of hydrogen-bond donors (Lipinski definition) is 2. The lowest BCUT2D eigenvalue weighted by Crippen LogP contribution is -2.34. The topological polar surface area (TPSA) is 73.6 Å². The summed E-state index contributed by atoms with van der Waals surface area (Å²) in [5.41, 5.74) is 7.67. The summed E-state index contributed by atoms with van der Waals surface area (Å²) in [7, 11) is 0. The minimum Gasteiger partial charge on any atom is -0.346 e. The van der Waals surface area contributed by atoms with Crippen molar-refractivity contribution in [3.8, 4) is 0 Å². The molecule has 1 saturated carbocycles. The molecule has 114 valence electrons. The van der Waals surface area contributed by atoms with Crippen molar-refractivity contribution in [3.63, 3.8) is 0 Å². The van der Waals surface area contributed by atoms with Crippen molar-refractivity contribution in [2.75, 3.05) is 18.5 Å². The summed E-state index contributed by atoms with van der Waals surface area (Å²) in [6.07, 6.45) is 3.44. The number of nitrogens with one attached hydrogen (secondary N) is 1. The fraction of sp³-hybridized carbons (Fsp3) is 0.562. The number of amides is 1. The van der Waals surface area contributed by atoms with Gasteiger partial charge in [-0.3, -0.25) is 4.79 Å². The predicted molar refractivity (Wildman–Crippen MR) is 79.7 cm³/mol. The fourth-order valence-electron chi connectivity index (χ4n) is 3.02. The molecule has 1 aliphatic carbocycles. The van der Waals surface area contributed by atoms with Crippen LogP contribution in [0.25, 0.3) is 0 Å². The Morgan fingerprint density at radius 1 is 1.24 bits per heavy atom. The van der Waals surface area contributed by atoms with E-state index in [1.165, 1.54) is 0 Å². The molecule has 3 rings (SSSR count). The van der Waals surface area contributed by atoms with Gasteiger partial charge in [0.2, 0.25) is 5.91 Å². The van der Waals surface area contributed by atoms with Crippen molar-refractivity contribution in [2.45, 2.75) is 38.0 Å². The summed E-state index contributed by atoms with van der Waals surface area (Å²) >= 11 is 0. The third-order valence-corrected chi connectivity index (χ3v) is 4.13. The average molecular weight is 290 g/mol. The van der Waals surface area contributed by atoms with Crippen molar-refractivity contribution >= 4 is 11.6 Å². The molecule has 2 fully saturated rings. The molecule has 1 amide bonds. The van der Waals surface area contributed by atoms with Crippen LogP contribution in [-0.2, 0) is 14.3 Å². The van der Waals surface area contributed by atoms with Gasteiger partial charge in [0.25, 0.3) is 0 Å². The Kier molecular flexibility index (Phi) is 4.53. The average Bonchev–Trinajstić information content (AvgIpc) is 3.02. The van der Waals surface area contributed by atoms with Crippen molar-refractivity contribution in [3.05, 3.63) is 29.8 Å². The number of rotatable bonds is 3. The molecule has 0 bridgehead atoms. The Bertz CT molecular complexity index is 500. The molecule has 0 radical (unpaired) electrons. The number of ether oxygens (including phenoxy) is 2. The molecular formula is C16H22N2O3. The molecule has 1 aliphatic heterocycles. The molecule has 0 aromatic heterocycles. The lowest BCUT2D eigenvalue weighted by molar-refractivity contribution is -0.120. The molecule has 3 N–H and O–H groups in total. The first kappa shape index (κ1) is 14.5. The zero-order valence-electron chi connectivity index (χ0n) is 12.1. The molecule has 21 heavy (non-hydrogen) atoms. The summed E-state index contributed by atoms with van der Waals surface area (Å²) in [5.74, 6) is 0.0898. The maximum absolute atomic E-state index is 12.3. The third kappa shape index (κ3) is 3.61. The van der Waals surface area contributed by atoms with Gasteiger partial charge in [-0.2, -0.15) is 0 Å². The number of carbonyl (C=O) groups excluding carboxylic acids is 1. The number of nitrogens with two attached hydrogens (primary N) is 1. The summed E-state index contributed by atoms with van der Waals surface area (Å²) < 4.78 is 11.0. The third-order valence-electron chi connectivity index (χ3n) is 4.13. The van der Waals surface area contributed by atoms with Gasteiger partial charge in [0.05, 0.1) is 13.2 Å². The van der Waals surface area contributed by atoms with Crippen LogP contribution < -0.4 is 11.1 Å². The summed E-state index contributed by atoms with van der Waals surface area (Å²) in [6.45, 7) is 1.22. The maximum atomic E-state index is 12.3. The van der Waals surface area contributed by atoms with Gasteiger partial charge in [0.1, 0.15) is 0 Å². The van der Waals surface area contributed by atoms with Crippen molar-refractivity contribution in [1.82, 2.24) is 0 Å². The zero-order chi connectivity index (χ0) is 14.7. The van der Waals surface area contributed by atoms with E-state index in [0.717, 1.165) is 36.9 Å². The molecule has 1 aromatic rings. The monoisotopic (exact) mass is 290 g/mol. The van der Waals surface area contributed by atoms with Crippen LogP contribution in [0.1, 0.15) is 37.5 Å². The molecule has 2 atom stereocenters. The number of anilines is 1. The smallest absolute Gasteiger partial charge is 0.227 e. The molecule has 5 heteroatoms. The van der Waals surface area contributed by atoms with Crippen molar-refractivity contribution in [1.29, 1.82) is 0 Å². The second-order valence-electron chi connectivity index (χ2n) is 5.81. The molecule has 1 saturated heterocycles. The Labute approximate surface area is 124 Å². The van der Waals surface area contributed by atoms with E-state index < -0.39 is 0 Å². The Morgan fingerprint density at radius 3 is 2.81 bits per heavy atom. The highest BCUT2D eigenvalue weighted by atomic mass is 16.7. The quantitative estimate of drug-likeness (QED) is 0.895. The Balaban J connectivity index is 1.64. The van der Waals surface area contributed by atoms with Gasteiger partial charge in [0, 0.05) is 23.2 Å². The molecular weight excluding hydrogens is 268 g/mol. The zero-order valence-corrected chi connectivity index (χ0v) is 12.1. The van der Waals surface area contributed by atoms with Gasteiger partial charge < -0.3 is 20.5 Å². The molecule has 2 unspecified atom stereocenters. The van der Waals surface area contributed by atoms with Crippen molar-refractivity contribution < 1.29 is 14.3 Å². The van der Waals surface area contributed by atoms with Crippen LogP contribution in [0, 0.1) is 5.92 Å². The maximum Gasteiger partial charge on any atom is 0.227 e. The van der Waals surface area contributed by atoms with E-state index in [1.807, 2.05) is 24.3 Å². The van der Waals surface area contributed by atoms with E-state index in [1.54, 1.807) is 0 Å². The highest BCUT2D eigenvalue weighted by Crippen LogP contribution is 2.27. The first-order valence-electron chi connectivity index (χ1n) is 7.62. The van der Waals surface area contributed by atoms with Crippen LogP contribution in [0.4, 0.5) is 5.69 Å². The summed E-state index contributed by atoms with van der Waals surface area (Å²) in [6, 6.07) is 7.81. The molecule has 5 nitrogen and oxygen atoms in total. The normalized spacial score (nSPS) is 26.7. The minimum absolute atomic E-state index is 0.0244. The van der Waals surface area contributed by atoms with Crippen LogP contribution in [-0.4, -0.2) is 25.2 Å². The van der Waals surface area contributed by atoms with Crippen LogP contribution >= 0.6 is 0 Å². The predicted octanol–water partition coefficient (Wildman–Crippen LogP) is 2.19. The van der Waals surface area contributed by atoms with Crippen LogP contribution in [0.15, 0.2) is 24.3 Å². The first-order valence-corrected chi connectivity index (χ1v) is 7.62. The Hall–Kier alpha value is -1.43. The van der Waals surface area contributed by atoms with E-state index in [2.05, 4.69) is 5.32 Å². The lowest BCUT2D eigenvalue weighted by Gasteiger charge is -2.25. The van der Waals surface area contributed by atoms with Crippen LogP contribution in [0.3, 0.4) is 0 Å². The first-order chi connectivity index (χ1) is 10.2. The highest BCUT2D eigenvalue weighted by Gasteiger charge is 2.25. The summed E-state index contributed by atoms with van der Waals surface area (Å²) in [5, 5.41) is 2.99. The van der Waals surface area contributed by atoms with Gasteiger partial charge in [-0.1, -0.05) is 18.6 Å². The molecule has 0 spiro atoms. The van der Waals surface area contributed by atoms with Crippen LogP contribution in [0.5, 0.6) is 0 Å².